The molecular formula is C16H23NO. The van der Waals surface area contributed by atoms with Crippen LogP contribution in [0.15, 0.2) is 24.3 Å². The summed E-state index contributed by atoms with van der Waals surface area (Å²) in [5.41, 5.74) is 2.81. The Bertz CT molecular complexity index is 390. The van der Waals surface area contributed by atoms with Crippen LogP contribution < -0.4 is 5.32 Å². The van der Waals surface area contributed by atoms with Crippen molar-refractivity contribution in [2.24, 2.45) is 5.92 Å². The Balaban J connectivity index is 1.64. The molecule has 2 saturated carbocycles. The van der Waals surface area contributed by atoms with E-state index < -0.39 is 0 Å². The molecule has 0 radical (unpaired) electrons. The lowest BCUT2D eigenvalue weighted by Gasteiger charge is -2.37. The Morgan fingerprint density at radius 1 is 1.17 bits per heavy atom. The maximum absolute atomic E-state index is 5.36. The molecule has 0 bridgehead atoms. The van der Waals surface area contributed by atoms with Gasteiger partial charge < -0.3 is 10.1 Å². The van der Waals surface area contributed by atoms with Crippen LogP contribution in [0.3, 0.4) is 0 Å². The van der Waals surface area contributed by atoms with Crippen LogP contribution in [0.1, 0.15) is 42.9 Å². The second-order valence-electron chi connectivity index (χ2n) is 5.92. The van der Waals surface area contributed by atoms with Crippen molar-refractivity contribution in [1.82, 2.24) is 5.32 Å². The van der Waals surface area contributed by atoms with Gasteiger partial charge in [-0.05, 0) is 44.1 Å². The number of ether oxygens (including phenoxy) is 1. The first-order valence-corrected chi connectivity index (χ1v) is 7.11. The monoisotopic (exact) mass is 245 g/mol. The fraction of sp³-hybridized carbons (Fsp3) is 0.625. The van der Waals surface area contributed by atoms with Crippen LogP contribution in [0.2, 0.25) is 0 Å². The van der Waals surface area contributed by atoms with Crippen molar-refractivity contribution >= 4 is 0 Å². The van der Waals surface area contributed by atoms with Gasteiger partial charge in [0.2, 0.25) is 0 Å². The smallest absolute Gasteiger partial charge is 0.0601 e. The normalized spacial score (nSPS) is 28.8. The topological polar surface area (TPSA) is 21.3 Å². The molecule has 2 fully saturated rings. The molecule has 0 saturated heterocycles. The standard InChI is InChI=1S/C16H23NO/c1-11-3-5-12(6-4-11)16(13-7-8-13)17-14-9-15(10-14)18-2/h3-6,13-17H,7-10H2,1-2H3. The third-order valence-corrected chi connectivity index (χ3v) is 4.37. The molecule has 2 nitrogen and oxygen atoms in total. The first-order valence-electron chi connectivity index (χ1n) is 7.11. The molecule has 98 valence electrons. The van der Waals surface area contributed by atoms with Crippen molar-refractivity contribution in [3.8, 4) is 0 Å². The van der Waals surface area contributed by atoms with E-state index in [9.17, 15) is 0 Å². The molecule has 0 spiro atoms. The van der Waals surface area contributed by atoms with Crippen LogP contribution in [0.4, 0.5) is 0 Å². The highest BCUT2D eigenvalue weighted by Crippen LogP contribution is 2.42. The average molecular weight is 245 g/mol. The van der Waals surface area contributed by atoms with E-state index >= 15 is 0 Å². The molecule has 18 heavy (non-hydrogen) atoms. The zero-order chi connectivity index (χ0) is 12.5. The van der Waals surface area contributed by atoms with Gasteiger partial charge in [0, 0.05) is 19.2 Å². The van der Waals surface area contributed by atoms with Crippen LogP contribution in [-0.4, -0.2) is 19.3 Å². The molecule has 1 N–H and O–H groups in total. The van der Waals surface area contributed by atoms with Gasteiger partial charge in [0.15, 0.2) is 0 Å². The van der Waals surface area contributed by atoms with Gasteiger partial charge in [-0.3, -0.25) is 0 Å². The fourth-order valence-electron chi connectivity index (χ4n) is 2.86. The minimum absolute atomic E-state index is 0.486. The second kappa shape index (κ2) is 5.02. The Labute approximate surface area is 110 Å². The number of aryl methyl sites for hydroxylation is 1. The van der Waals surface area contributed by atoms with Gasteiger partial charge in [-0.1, -0.05) is 29.8 Å². The number of rotatable bonds is 5. The molecule has 3 rings (SSSR count). The van der Waals surface area contributed by atoms with Gasteiger partial charge in [-0.15, -0.1) is 0 Å². The van der Waals surface area contributed by atoms with Gasteiger partial charge in [0.25, 0.3) is 0 Å². The summed E-state index contributed by atoms with van der Waals surface area (Å²) in [4.78, 5) is 0. The van der Waals surface area contributed by atoms with Crippen LogP contribution in [0, 0.1) is 12.8 Å². The summed E-state index contributed by atoms with van der Waals surface area (Å²) in [7, 11) is 1.82. The lowest BCUT2D eigenvalue weighted by molar-refractivity contribution is 0.0133. The Morgan fingerprint density at radius 3 is 2.39 bits per heavy atom. The number of hydrogen-bond acceptors (Lipinski definition) is 2. The predicted molar refractivity (Wildman–Crippen MR) is 73.6 cm³/mol. The number of nitrogens with one attached hydrogen (secondary N) is 1. The molecular weight excluding hydrogens is 222 g/mol. The zero-order valence-corrected chi connectivity index (χ0v) is 11.4. The van der Waals surface area contributed by atoms with Crippen LogP contribution >= 0.6 is 0 Å². The van der Waals surface area contributed by atoms with Gasteiger partial charge in [-0.25, -0.2) is 0 Å². The SMILES string of the molecule is COC1CC(NC(c2ccc(C)cc2)C2CC2)C1. The molecule has 1 aromatic rings. The largest absolute Gasteiger partial charge is 0.381 e. The quantitative estimate of drug-likeness (QED) is 0.860. The van der Waals surface area contributed by atoms with E-state index in [-0.39, 0.29) is 0 Å². The van der Waals surface area contributed by atoms with E-state index in [2.05, 4.69) is 36.5 Å². The molecule has 0 amide bonds. The lowest BCUT2D eigenvalue weighted by atomic mass is 9.87. The van der Waals surface area contributed by atoms with Crippen LogP contribution in [0.25, 0.3) is 0 Å². The van der Waals surface area contributed by atoms with E-state index in [1.165, 1.54) is 36.8 Å². The molecule has 2 aliphatic carbocycles. The van der Waals surface area contributed by atoms with Crippen molar-refractivity contribution in [1.29, 1.82) is 0 Å². The molecule has 0 aliphatic heterocycles. The van der Waals surface area contributed by atoms with Crippen molar-refractivity contribution in [2.45, 2.75) is 50.8 Å². The van der Waals surface area contributed by atoms with Crippen LogP contribution in [-0.2, 0) is 4.74 Å². The van der Waals surface area contributed by atoms with E-state index in [0.29, 0.717) is 18.2 Å². The predicted octanol–water partition coefficient (Wildman–Crippen LogP) is 3.21. The van der Waals surface area contributed by atoms with E-state index in [0.717, 1.165) is 5.92 Å². The Morgan fingerprint density at radius 2 is 1.83 bits per heavy atom. The Hall–Kier alpha value is -0.860. The highest BCUT2D eigenvalue weighted by atomic mass is 16.5. The van der Waals surface area contributed by atoms with Crippen molar-refractivity contribution < 1.29 is 4.74 Å². The second-order valence-corrected chi connectivity index (χ2v) is 5.92. The fourth-order valence-corrected chi connectivity index (χ4v) is 2.86. The lowest BCUT2D eigenvalue weighted by Crippen LogP contribution is -2.46. The third kappa shape index (κ3) is 2.60. The average Bonchev–Trinajstić information content (AvgIpc) is 3.14. The maximum atomic E-state index is 5.36. The number of methoxy groups -OCH3 is 1. The summed E-state index contributed by atoms with van der Waals surface area (Å²) < 4.78 is 5.36. The van der Waals surface area contributed by atoms with Crippen molar-refractivity contribution in [2.75, 3.05) is 7.11 Å². The molecule has 1 unspecified atom stereocenters. The van der Waals surface area contributed by atoms with E-state index in [1.54, 1.807) is 0 Å². The first-order chi connectivity index (χ1) is 8.76. The molecule has 0 heterocycles. The highest BCUT2D eigenvalue weighted by Gasteiger charge is 2.37. The molecule has 1 atom stereocenters. The molecule has 0 aromatic heterocycles. The summed E-state index contributed by atoms with van der Waals surface area (Å²) in [6.07, 6.45) is 5.59. The summed E-state index contributed by atoms with van der Waals surface area (Å²) in [6.45, 7) is 2.15. The number of benzene rings is 1. The summed E-state index contributed by atoms with van der Waals surface area (Å²) in [6, 6.07) is 10.3. The molecule has 1 aromatic carbocycles. The van der Waals surface area contributed by atoms with Crippen molar-refractivity contribution in [3.05, 3.63) is 35.4 Å². The van der Waals surface area contributed by atoms with Gasteiger partial charge in [0.05, 0.1) is 6.10 Å². The van der Waals surface area contributed by atoms with E-state index in [1.807, 2.05) is 7.11 Å². The summed E-state index contributed by atoms with van der Waals surface area (Å²) >= 11 is 0. The first kappa shape index (κ1) is 12.2. The third-order valence-electron chi connectivity index (χ3n) is 4.37. The maximum Gasteiger partial charge on any atom is 0.0601 e. The summed E-state index contributed by atoms with van der Waals surface area (Å²) in [5.74, 6) is 0.856. The van der Waals surface area contributed by atoms with E-state index in [4.69, 9.17) is 4.74 Å². The minimum atomic E-state index is 0.486. The van der Waals surface area contributed by atoms with Gasteiger partial charge in [-0.2, -0.15) is 0 Å². The van der Waals surface area contributed by atoms with Crippen molar-refractivity contribution in [3.63, 3.8) is 0 Å². The van der Waals surface area contributed by atoms with Gasteiger partial charge in [0.1, 0.15) is 0 Å². The minimum Gasteiger partial charge on any atom is -0.381 e. The van der Waals surface area contributed by atoms with Crippen LogP contribution in [0.5, 0.6) is 0 Å². The highest BCUT2D eigenvalue weighted by molar-refractivity contribution is 5.26. The number of hydrogen-bond donors (Lipinski definition) is 1. The Kier molecular flexibility index (Phi) is 3.40. The molecule has 2 heteroatoms. The van der Waals surface area contributed by atoms with Gasteiger partial charge >= 0.3 is 0 Å². The molecule has 2 aliphatic rings. The summed E-state index contributed by atoms with van der Waals surface area (Å²) in [5, 5.41) is 3.84. The zero-order valence-electron chi connectivity index (χ0n) is 11.4.